The summed E-state index contributed by atoms with van der Waals surface area (Å²) in [5, 5.41) is 0.207. The Morgan fingerprint density at radius 1 is 1.19 bits per heavy atom. The number of hydrogen-bond donors (Lipinski definition) is 0. The molecule has 112 valence electrons. The number of carbonyl (C=O) groups excluding carboxylic acids is 1. The number of para-hydroxylation sites is 1. The predicted octanol–water partition coefficient (Wildman–Crippen LogP) is 3.39. The maximum absolute atomic E-state index is 11.5. The van der Waals surface area contributed by atoms with Gasteiger partial charge in [0, 0.05) is 0 Å². The summed E-state index contributed by atoms with van der Waals surface area (Å²) in [6.07, 6.45) is 0. The Balaban J connectivity index is 2.36. The van der Waals surface area contributed by atoms with E-state index in [1.54, 1.807) is 18.2 Å². The Morgan fingerprint density at radius 2 is 1.81 bits per heavy atom. The van der Waals surface area contributed by atoms with Crippen molar-refractivity contribution in [3.63, 3.8) is 0 Å². The average molecular weight is 330 g/mol. The minimum Gasteiger partial charge on any atom is -0.493 e. The van der Waals surface area contributed by atoms with Crippen LogP contribution >= 0.6 is 22.9 Å². The second kappa shape index (κ2) is 6.64. The fraction of sp³-hybridized carbons (Fsp3) is 0.231. The molecule has 0 aliphatic heterocycles. The van der Waals surface area contributed by atoms with Crippen LogP contribution in [0.4, 0.5) is 0 Å². The summed E-state index contributed by atoms with van der Waals surface area (Å²) < 4.78 is 20.7. The number of rotatable bonds is 5. The highest BCUT2D eigenvalue weighted by molar-refractivity contribution is 7.15. The molecule has 0 amide bonds. The number of benzene rings is 1. The lowest BCUT2D eigenvalue weighted by Gasteiger charge is -2.11. The molecule has 0 spiro atoms. The van der Waals surface area contributed by atoms with Crippen LogP contribution in [0.15, 0.2) is 18.2 Å². The van der Waals surface area contributed by atoms with Gasteiger partial charge in [-0.1, -0.05) is 29.0 Å². The summed E-state index contributed by atoms with van der Waals surface area (Å²) in [6.45, 7) is 0. The third-order valence-corrected chi connectivity index (χ3v) is 3.81. The fourth-order valence-corrected chi connectivity index (χ4v) is 2.60. The van der Waals surface area contributed by atoms with Gasteiger partial charge >= 0.3 is 5.97 Å². The number of aromatic nitrogens is 1. The van der Waals surface area contributed by atoms with Crippen LogP contribution in [-0.2, 0) is 4.74 Å². The lowest BCUT2D eigenvalue weighted by Crippen LogP contribution is -1.98. The molecule has 0 N–H and O–H groups in total. The summed E-state index contributed by atoms with van der Waals surface area (Å²) in [5.41, 5.74) is 0. The molecule has 8 heteroatoms. The predicted molar refractivity (Wildman–Crippen MR) is 78.1 cm³/mol. The molecule has 0 fully saturated rings. The van der Waals surface area contributed by atoms with Gasteiger partial charge in [-0.05, 0) is 12.1 Å². The zero-order valence-electron chi connectivity index (χ0n) is 11.5. The zero-order chi connectivity index (χ0) is 15.4. The lowest BCUT2D eigenvalue weighted by molar-refractivity contribution is 0.0606. The Kier molecular flexibility index (Phi) is 4.87. The van der Waals surface area contributed by atoms with Gasteiger partial charge in [0.1, 0.15) is 0 Å². The molecule has 0 aliphatic carbocycles. The molecule has 0 aliphatic rings. The smallest absolute Gasteiger partial charge is 0.351 e. The van der Waals surface area contributed by atoms with Gasteiger partial charge in [0.2, 0.25) is 5.75 Å². The number of methoxy groups -OCH3 is 3. The summed E-state index contributed by atoms with van der Waals surface area (Å²) in [4.78, 5) is 15.7. The molecule has 0 bridgehead atoms. The van der Waals surface area contributed by atoms with Crippen molar-refractivity contribution in [2.45, 2.75) is 0 Å². The van der Waals surface area contributed by atoms with Crippen molar-refractivity contribution in [3.8, 4) is 22.4 Å². The summed E-state index contributed by atoms with van der Waals surface area (Å²) in [7, 11) is 4.29. The molecule has 0 unspecified atom stereocenters. The largest absolute Gasteiger partial charge is 0.493 e. The number of nitrogens with zero attached hydrogens (tertiary/aromatic N) is 1. The number of halogens is 1. The van der Waals surface area contributed by atoms with Gasteiger partial charge in [-0.3, -0.25) is 0 Å². The molecule has 0 radical (unpaired) electrons. The standard InChI is InChI=1S/C13H12ClNO5S/c1-17-7-5-4-6-8(18-2)9(7)20-13-15-11(14)10(21-13)12(16)19-3/h4-6H,1-3H3. The van der Waals surface area contributed by atoms with Crippen molar-refractivity contribution in [2.75, 3.05) is 21.3 Å². The monoisotopic (exact) mass is 329 g/mol. The molecular formula is C13H12ClNO5S. The quantitative estimate of drug-likeness (QED) is 0.783. The molecule has 1 heterocycles. The lowest BCUT2D eigenvalue weighted by atomic mass is 10.3. The van der Waals surface area contributed by atoms with Crippen LogP contribution in [0, 0.1) is 0 Å². The van der Waals surface area contributed by atoms with Crippen LogP contribution in [0.1, 0.15) is 9.67 Å². The Labute approximate surface area is 130 Å². The van der Waals surface area contributed by atoms with Gasteiger partial charge in [-0.15, -0.1) is 0 Å². The van der Waals surface area contributed by atoms with Crippen molar-refractivity contribution in [1.29, 1.82) is 0 Å². The highest BCUT2D eigenvalue weighted by Gasteiger charge is 2.21. The Morgan fingerprint density at radius 3 is 2.33 bits per heavy atom. The van der Waals surface area contributed by atoms with Gasteiger partial charge < -0.3 is 18.9 Å². The van der Waals surface area contributed by atoms with Gasteiger partial charge in [-0.25, -0.2) is 4.79 Å². The van der Waals surface area contributed by atoms with E-state index < -0.39 is 5.97 Å². The van der Waals surface area contributed by atoms with Gasteiger partial charge in [0.05, 0.1) is 21.3 Å². The van der Waals surface area contributed by atoms with Crippen molar-refractivity contribution in [3.05, 3.63) is 28.2 Å². The Bertz CT molecular complexity index is 636. The second-order valence-corrected chi connectivity index (χ2v) is 5.00. The molecule has 6 nitrogen and oxygen atoms in total. The SMILES string of the molecule is COC(=O)c1sc(Oc2c(OC)cccc2OC)nc1Cl. The van der Waals surface area contributed by atoms with Crippen molar-refractivity contribution in [1.82, 2.24) is 4.98 Å². The van der Waals surface area contributed by atoms with E-state index >= 15 is 0 Å². The Hall–Kier alpha value is -1.99. The van der Waals surface area contributed by atoms with Crippen LogP contribution in [0.25, 0.3) is 0 Å². The minimum atomic E-state index is -0.570. The number of ether oxygens (including phenoxy) is 4. The van der Waals surface area contributed by atoms with Gasteiger partial charge in [-0.2, -0.15) is 4.98 Å². The zero-order valence-corrected chi connectivity index (χ0v) is 13.1. The number of hydrogen-bond acceptors (Lipinski definition) is 7. The highest BCUT2D eigenvalue weighted by atomic mass is 35.5. The highest BCUT2D eigenvalue weighted by Crippen LogP contribution is 2.42. The van der Waals surface area contributed by atoms with E-state index in [4.69, 9.17) is 25.8 Å². The maximum atomic E-state index is 11.5. The van der Waals surface area contributed by atoms with Gasteiger partial charge in [0.15, 0.2) is 21.5 Å². The average Bonchev–Trinajstić information content (AvgIpc) is 2.87. The van der Waals surface area contributed by atoms with Gasteiger partial charge in [0.25, 0.3) is 5.19 Å². The van der Waals surface area contributed by atoms with Crippen LogP contribution < -0.4 is 14.2 Å². The minimum absolute atomic E-state index is 0.0238. The first-order chi connectivity index (χ1) is 10.1. The van der Waals surface area contributed by atoms with Crippen LogP contribution in [-0.4, -0.2) is 32.3 Å². The number of carbonyl (C=O) groups is 1. The molecule has 1 aromatic carbocycles. The van der Waals surface area contributed by atoms with Crippen LogP contribution in [0.5, 0.6) is 22.4 Å². The van der Waals surface area contributed by atoms with Crippen molar-refractivity contribution >= 4 is 28.9 Å². The van der Waals surface area contributed by atoms with E-state index in [2.05, 4.69) is 9.72 Å². The summed E-state index contributed by atoms with van der Waals surface area (Å²) in [5.74, 6) is 0.726. The molecule has 0 saturated heterocycles. The molecule has 0 saturated carbocycles. The van der Waals surface area contributed by atoms with Crippen LogP contribution in [0.2, 0.25) is 5.15 Å². The number of thiazole rings is 1. The van der Waals surface area contributed by atoms with E-state index in [1.807, 2.05) is 0 Å². The third kappa shape index (κ3) is 3.20. The first kappa shape index (κ1) is 15.4. The molecular weight excluding hydrogens is 318 g/mol. The molecule has 1 aromatic heterocycles. The molecule has 21 heavy (non-hydrogen) atoms. The van der Waals surface area contributed by atoms with Crippen molar-refractivity contribution in [2.24, 2.45) is 0 Å². The summed E-state index contributed by atoms with van der Waals surface area (Å²) >= 11 is 6.86. The van der Waals surface area contributed by atoms with E-state index in [9.17, 15) is 4.79 Å². The second-order valence-electron chi connectivity index (χ2n) is 3.69. The first-order valence-electron chi connectivity index (χ1n) is 5.74. The van der Waals surface area contributed by atoms with E-state index in [0.717, 1.165) is 11.3 Å². The third-order valence-electron chi connectivity index (χ3n) is 2.51. The molecule has 2 aromatic rings. The molecule has 2 rings (SSSR count). The van der Waals surface area contributed by atoms with E-state index in [1.165, 1.54) is 21.3 Å². The fourth-order valence-electron chi connectivity index (χ4n) is 1.55. The normalized spacial score (nSPS) is 10.1. The summed E-state index contributed by atoms with van der Waals surface area (Å²) in [6, 6.07) is 5.20. The first-order valence-corrected chi connectivity index (χ1v) is 6.93. The molecule has 0 atom stereocenters. The maximum Gasteiger partial charge on any atom is 0.351 e. The van der Waals surface area contributed by atoms with E-state index in [-0.39, 0.29) is 15.2 Å². The topological polar surface area (TPSA) is 66.9 Å². The number of esters is 1. The van der Waals surface area contributed by atoms with Crippen LogP contribution in [0.3, 0.4) is 0 Å². The van der Waals surface area contributed by atoms with E-state index in [0.29, 0.717) is 17.2 Å². The van der Waals surface area contributed by atoms with Crippen molar-refractivity contribution < 1.29 is 23.7 Å².